The fourth-order valence-corrected chi connectivity index (χ4v) is 3.92. The Hall–Kier alpha value is -2.48. The summed E-state index contributed by atoms with van der Waals surface area (Å²) in [4.78, 5) is 13.3. The molecule has 0 aliphatic heterocycles. The van der Waals surface area contributed by atoms with Gasteiger partial charge in [-0.3, -0.25) is 0 Å². The second-order valence-corrected chi connectivity index (χ2v) is 10.00. The highest BCUT2D eigenvalue weighted by Gasteiger charge is 2.24. The molecule has 0 saturated carbocycles. The van der Waals surface area contributed by atoms with Crippen LogP contribution >= 0.6 is 0 Å². The lowest BCUT2D eigenvalue weighted by atomic mass is 10.0. The van der Waals surface area contributed by atoms with Gasteiger partial charge in [-0.25, -0.2) is 4.79 Å². The fourth-order valence-electron chi connectivity index (χ4n) is 2.97. The van der Waals surface area contributed by atoms with E-state index in [2.05, 4.69) is 42.8 Å². The Morgan fingerprint density at radius 3 is 1.90 bits per heavy atom. The van der Waals surface area contributed by atoms with Gasteiger partial charge in [0.1, 0.15) is 23.9 Å². The summed E-state index contributed by atoms with van der Waals surface area (Å²) in [5.74, 6) is 0.354. The number of alkyl halides is 4. The maximum absolute atomic E-state index is 12.0. The van der Waals surface area contributed by atoms with Crippen molar-refractivity contribution in [2.45, 2.75) is 37.7 Å². The van der Waals surface area contributed by atoms with Crippen molar-refractivity contribution in [3.05, 3.63) is 48.5 Å². The van der Waals surface area contributed by atoms with Crippen LogP contribution in [0.5, 0.6) is 5.75 Å². The molecule has 3 aromatic rings. The van der Waals surface area contributed by atoms with Gasteiger partial charge >= 0.3 is 12.4 Å². The summed E-state index contributed by atoms with van der Waals surface area (Å²) < 4.78 is 49.9. The highest BCUT2D eigenvalue weighted by atomic mass is 32.2. The number of rotatable bonds is 4. The second kappa shape index (κ2) is 9.77. The molecule has 3 nitrogen and oxygen atoms in total. The van der Waals surface area contributed by atoms with Gasteiger partial charge in [-0.1, -0.05) is 24.3 Å². The minimum absolute atomic E-state index is 0.0947. The molecule has 0 heterocycles. The van der Waals surface area contributed by atoms with Crippen molar-refractivity contribution < 1.29 is 31.8 Å². The van der Waals surface area contributed by atoms with Crippen LogP contribution in [0.15, 0.2) is 53.4 Å². The Bertz CT molecular complexity index is 1050. The first-order valence-electron chi connectivity index (χ1n) is 9.38. The molecule has 0 aromatic heterocycles. The zero-order valence-corrected chi connectivity index (χ0v) is 18.8. The monoisotopic (exact) mass is 457 g/mol. The van der Waals surface area contributed by atoms with Crippen LogP contribution in [0.25, 0.3) is 21.5 Å². The van der Waals surface area contributed by atoms with Gasteiger partial charge in [-0.2, -0.15) is 0 Å². The zero-order chi connectivity index (χ0) is 23.4. The quantitative estimate of drug-likeness (QED) is 0.196. The van der Waals surface area contributed by atoms with E-state index in [1.807, 2.05) is 39.0 Å². The van der Waals surface area contributed by atoms with E-state index in [-0.39, 0.29) is 23.5 Å². The summed E-state index contributed by atoms with van der Waals surface area (Å²) >= 11 is 0. The normalized spacial score (nSPS) is 11.9. The van der Waals surface area contributed by atoms with Crippen LogP contribution in [0.2, 0.25) is 0 Å². The first-order chi connectivity index (χ1) is 14.2. The number of carbonyl (C=O) groups is 1. The minimum atomic E-state index is -5.50. The molecule has 0 amide bonds. The molecule has 0 fully saturated rings. The number of hydrogen-bond acceptors (Lipinski definition) is 3. The Morgan fingerprint density at radius 2 is 1.42 bits per heavy atom. The first kappa shape index (κ1) is 24.8. The molecule has 0 aliphatic rings. The topological polar surface area (TPSA) is 35.5 Å². The lowest BCUT2D eigenvalue weighted by Gasteiger charge is -2.19. The van der Waals surface area contributed by atoms with Crippen LogP contribution in [0, 0.1) is 0 Å². The third-order valence-corrected chi connectivity index (χ3v) is 5.24. The molecular formula is C23H25F4O3S+. The van der Waals surface area contributed by atoms with Crippen molar-refractivity contribution >= 4 is 38.4 Å². The van der Waals surface area contributed by atoms with Gasteiger partial charge in [0, 0.05) is 21.7 Å². The third-order valence-electron chi connectivity index (χ3n) is 4.01. The molecule has 31 heavy (non-hydrogen) atoms. The average molecular weight is 458 g/mol. The second-order valence-electron chi connectivity index (χ2n) is 7.93. The molecule has 8 heteroatoms. The molecule has 0 bridgehead atoms. The number of esters is 1. The molecule has 0 aliphatic carbocycles. The summed E-state index contributed by atoms with van der Waals surface area (Å²) in [5, 5.41) is 4.58. The Labute approximate surface area is 181 Å². The highest BCUT2D eigenvalue weighted by Crippen LogP contribution is 2.34. The Balaban J connectivity index is 0.000000614. The van der Waals surface area contributed by atoms with Crippen molar-refractivity contribution in [2.75, 3.05) is 19.1 Å². The lowest BCUT2D eigenvalue weighted by molar-refractivity contribution is -0.237. The molecule has 0 unspecified atom stereocenters. The zero-order valence-electron chi connectivity index (χ0n) is 18.0. The van der Waals surface area contributed by atoms with Gasteiger partial charge in [0.05, 0.1) is 0 Å². The number of benzene rings is 3. The van der Waals surface area contributed by atoms with Gasteiger partial charge in [0.25, 0.3) is 0 Å². The van der Waals surface area contributed by atoms with Crippen molar-refractivity contribution in [1.82, 2.24) is 0 Å². The van der Waals surface area contributed by atoms with E-state index >= 15 is 0 Å². The van der Waals surface area contributed by atoms with Crippen LogP contribution in [-0.4, -0.2) is 37.1 Å². The van der Waals surface area contributed by atoms with Crippen LogP contribution in [0.1, 0.15) is 20.8 Å². The molecule has 3 aromatic carbocycles. The van der Waals surface area contributed by atoms with Gasteiger partial charge in [0.2, 0.25) is 0 Å². The van der Waals surface area contributed by atoms with Gasteiger partial charge < -0.3 is 9.47 Å². The van der Waals surface area contributed by atoms with Crippen molar-refractivity contribution in [1.29, 1.82) is 0 Å². The number of halogens is 4. The van der Waals surface area contributed by atoms with Gasteiger partial charge in [-0.05, 0) is 55.8 Å². The van der Waals surface area contributed by atoms with Crippen LogP contribution in [0.4, 0.5) is 17.6 Å². The molecular weight excluding hydrogens is 432 g/mol. The highest BCUT2D eigenvalue weighted by molar-refractivity contribution is 7.95. The van der Waals surface area contributed by atoms with E-state index in [1.54, 1.807) is 0 Å². The molecule has 0 radical (unpaired) electrons. The van der Waals surface area contributed by atoms with E-state index in [4.69, 9.17) is 9.47 Å². The predicted octanol–water partition coefficient (Wildman–Crippen LogP) is 6.43. The Morgan fingerprint density at radius 1 is 0.903 bits per heavy atom. The third kappa shape index (κ3) is 7.94. The summed E-state index contributed by atoms with van der Waals surface area (Å²) in [6.45, 7) is 5.46. The summed E-state index contributed by atoms with van der Waals surface area (Å²) in [6, 6.07) is 16.7. The van der Waals surface area contributed by atoms with E-state index in [0.717, 1.165) is 10.8 Å². The van der Waals surface area contributed by atoms with Crippen molar-refractivity contribution in [3.63, 3.8) is 0 Å². The van der Waals surface area contributed by atoms with E-state index in [9.17, 15) is 22.4 Å². The summed E-state index contributed by atoms with van der Waals surface area (Å²) in [6.07, 6.45) is -1.07. The maximum atomic E-state index is 12.0. The average Bonchev–Trinajstić information content (AvgIpc) is 2.61. The minimum Gasteiger partial charge on any atom is -0.481 e. The number of hydrogen-bond donors (Lipinski definition) is 0. The smallest absolute Gasteiger partial charge is 0.481 e. The van der Waals surface area contributed by atoms with Crippen LogP contribution in [0.3, 0.4) is 0 Å². The molecule has 0 atom stereocenters. The number of fused-ring (bicyclic) bond motifs is 2. The van der Waals surface area contributed by atoms with E-state index in [0.29, 0.717) is 5.75 Å². The van der Waals surface area contributed by atoms with Crippen molar-refractivity contribution in [2.24, 2.45) is 0 Å². The molecule has 0 saturated heterocycles. The van der Waals surface area contributed by atoms with Crippen molar-refractivity contribution in [3.8, 4) is 5.75 Å². The Kier molecular flexibility index (Phi) is 7.81. The number of carbonyl (C=O) groups excluding carboxylic acids is 1. The molecule has 168 valence electrons. The van der Waals surface area contributed by atoms with Gasteiger partial charge in [-0.15, -0.1) is 17.6 Å². The standard InChI is InChI=1S/C22H25O3S.CF4/c1-22(2,3)25-21(23)14-24-19-10-11-20(26(4)5)18-13-16-9-7-6-8-15(16)12-17(18)19;2-1(3,4)5/h6-13H,14H2,1-5H3;/q+1;. The maximum Gasteiger partial charge on any atom is 0.559 e. The first-order valence-corrected chi connectivity index (χ1v) is 11.4. The molecule has 3 rings (SSSR count). The summed E-state index contributed by atoms with van der Waals surface area (Å²) in [7, 11) is 0.122. The number of ether oxygens (including phenoxy) is 2. The largest absolute Gasteiger partial charge is 0.559 e. The molecule has 0 N–H and O–H groups in total. The van der Waals surface area contributed by atoms with E-state index < -0.39 is 12.0 Å². The SMILES string of the molecule is C[S+](C)c1ccc(OCC(=O)OC(C)(C)C)c2cc3ccccc3cc12.FC(F)(F)F. The summed E-state index contributed by atoms with van der Waals surface area (Å²) in [5.41, 5.74) is -0.513. The molecule has 0 spiro atoms. The fraction of sp³-hybridized carbons (Fsp3) is 0.348. The van der Waals surface area contributed by atoms with E-state index in [1.165, 1.54) is 15.7 Å². The van der Waals surface area contributed by atoms with Gasteiger partial charge in [0.15, 0.2) is 11.5 Å². The lowest BCUT2D eigenvalue weighted by Crippen LogP contribution is -2.27. The predicted molar refractivity (Wildman–Crippen MR) is 117 cm³/mol. The van der Waals surface area contributed by atoms with Crippen LogP contribution < -0.4 is 4.74 Å². The van der Waals surface area contributed by atoms with Crippen LogP contribution in [-0.2, 0) is 20.4 Å².